The SMILES string of the molecule is CCCC(SCCCCCC(F)F)C(=O)OC. The van der Waals surface area contributed by atoms with E-state index in [2.05, 4.69) is 0 Å². The number of hydrogen-bond acceptors (Lipinski definition) is 3. The Kier molecular flexibility index (Phi) is 10.6. The molecule has 0 fully saturated rings. The van der Waals surface area contributed by atoms with Crippen LogP contribution in [0, 0.1) is 0 Å². The molecule has 0 N–H and O–H groups in total. The second kappa shape index (κ2) is 10.8. The van der Waals surface area contributed by atoms with Gasteiger partial charge >= 0.3 is 5.97 Å². The summed E-state index contributed by atoms with van der Waals surface area (Å²) in [6.45, 7) is 2.03. The van der Waals surface area contributed by atoms with Crippen LogP contribution in [0.15, 0.2) is 0 Å². The lowest BCUT2D eigenvalue weighted by atomic mass is 10.2. The fourth-order valence-corrected chi connectivity index (χ4v) is 2.76. The van der Waals surface area contributed by atoms with Crippen LogP contribution in [0.1, 0.15) is 45.4 Å². The van der Waals surface area contributed by atoms with Gasteiger partial charge in [-0.1, -0.05) is 19.8 Å². The first-order chi connectivity index (χ1) is 8.11. The second-order valence-corrected chi connectivity index (χ2v) is 5.22. The van der Waals surface area contributed by atoms with Crippen molar-refractivity contribution >= 4 is 17.7 Å². The minimum absolute atomic E-state index is 0.0138. The molecule has 0 spiro atoms. The van der Waals surface area contributed by atoms with E-state index in [0.717, 1.165) is 31.4 Å². The van der Waals surface area contributed by atoms with Crippen LogP contribution in [0.3, 0.4) is 0 Å². The Labute approximate surface area is 106 Å². The second-order valence-electron chi connectivity index (χ2n) is 3.91. The molecule has 0 amide bonds. The van der Waals surface area contributed by atoms with E-state index in [4.69, 9.17) is 4.74 Å². The lowest BCUT2D eigenvalue weighted by molar-refractivity contribution is -0.140. The number of methoxy groups -OCH3 is 1. The van der Waals surface area contributed by atoms with Crippen LogP contribution in [-0.4, -0.2) is 30.5 Å². The summed E-state index contributed by atoms with van der Waals surface area (Å²) in [6, 6.07) is 0. The lowest BCUT2D eigenvalue weighted by Crippen LogP contribution is -2.19. The normalized spacial score (nSPS) is 12.8. The van der Waals surface area contributed by atoms with Crippen molar-refractivity contribution in [3.05, 3.63) is 0 Å². The lowest BCUT2D eigenvalue weighted by Gasteiger charge is -2.12. The molecule has 0 aromatic heterocycles. The van der Waals surface area contributed by atoms with Gasteiger partial charge in [0, 0.05) is 6.42 Å². The first-order valence-electron chi connectivity index (χ1n) is 6.09. The number of halogens is 2. The molecule has 0 bridgehead atoms. The molecule has 0 saturated heterocycles. The zero-order valence-electron chi connectivity index (χ0n) is 10.6. The van der Waals surface area contributed by atoms with Crippen LogP contribution < -0.4 is 0 Å². The van der Waals surface area contributed by atoms with Crippen molar-refractivity contribution in [3.63, 3.8) is 0 Å². The van der Waals surface area contributed by atoms with Crippen molar-refractivity contribution in [2.75, 3.05) is 12.9 Å². The maximum absolute atomic E-state index is 11.9. The predicted molar refractivity (Wildman–Crippen MR) is 67.6 cm³/mol. The van der Waals surface area contributed by atoms with E-state index in [1.165, 1.54) is 7.11 Å². The van der Waals surface area contributed by atoms with E-state index < -0.39 is 6.43 Å². The zero-order valence-corrected chi connectivity index (χ0v) is 11.4. The van der Waals surface area contributed by atoms with Gasteiger partial charge in [0.15, 0.2) is 0 Å². The Morgan fingerprint density at radius 3 is 2.47 bits per heavy atom. The van der Waals surface area contributed by atoms with Gasteiger partial charge in [-0.3, -0.25) is 4.79 Å². The smallest absolute Gasteiger partial charge is 0.318 e. The summed E-state index contributed by atoms with van der Waals surface area (Å²) in [5.41, 5.74) is 0. The summed E-state index contributed by atoms with van der Waals surface area (Å²) in [6.07, 6.45) is 1.80. The molecular weight excluding hydrogens is 246 g/mol. The highest BCUT2D eigenvalue weighted by Crippen LogP contribution is 2.20. The topological polar surface area (TPSA) is 26.3 Å². The molecule has 0 aromatic rings. The zero-order chi connectivity index (χ0) is 13.1. The molecule has 5 heteroatoms. The summed E-state index contributed by atoms with van der Waals surface area (Å²) in [5, 5.41) is -0.0971. The van der Waals surface area contributed by atoms with Gasteiger partial charge in [0.2, 0.25) is 6.43 Å². The quantitative estimate of drug-likeness (QED) is 0.444. The number of hydrogen-bond donors (Lipinski definition) is 0. The fraction of sp³-hybridized carbons (Fsp3) is 0.917. The highest BCUT2D eigenvalue weighted by molar-refractivity contribution is 8.00. The molecule has 0 radical (unpaired) electrons. The van der Waals surface area contributed by atoms with Crippen LogP contribution in [0.25, 0.3) is 0 Å². The Morgan fingerprint density at radius 1 is 1.24 bits per heavy atom. The van der Waals surface area contributed by atoms with Gasteiger partial charge in [-0.2, -0.15) is 0 Å². The molecular formula is C12H22F2O2S. The van der Waals surface area contributed by atoms with E-state index in [1.54, 1.807) is 11.8 Å². The number of carbonyl (C=O) groups is 1. The van der Waals surface area contributed by atoms with Crippen molar-refractivity contribution in [1.29, 1.82) is 0 Å². The van der Waals surface area contributed by atoms with Crippen molar-refractivity contribution in [1.82, 2.24) is 0 Å². The molecule has 1 atom stereocenters. The fourth-order valence-electron chi connectivity index (χ4n) is 1.47. The molecule has 0 aliphatic carbocycles. The first-order valence-corrected chi connectivity index (χ1v) is 7.14. The van der Waals surface area contributed by atoms with Crippen LogP contribution >= 0.6 is 11.8 Å². The Balaban J connectivity index is 3.57. The molecule has 2 nitrogen and oxygen atoms in total. The monoisotopic (exact) mass is 268 g/mol. The average Bonchev–Trinajstić information content (AvgIpc) is 2.30. The van der Waals surface area contributed by atoms with Crippen molar-refractivity contribution in [2.24, 2.45) is 0 Å². The van der Waals surface area contributed by atoms with Gasteiger partial charge in [0.25, 0.3) is 0 Å². The molecule has 0 aliphatic rings. The Bertz CT molecular complexity index is 201. The largest absolute Gasteiger partial charge is 0.468 e. The van der Waals surface area contributed by atoms with E-state index >= 15 is 0 Å². The minimum Gasteiger partial charge on any atom is -0.468 e. The van der Waals surface area contributed by atoms with E-state index in [1.807, 2.05) is 6.92 Å². The van der Waals surface area contributed by atoms with Crippen molar-refractivity contribution in [2.45, 2.75) is 57.1 Å². The van der Waals surface area contributed by atoms with Crippen molar-refractivity contribution < 1.29 is 18.3 Å². The maximum Gasteiger partial charge on any atom is 0.318 e. The molecule has 17 heavy (non-hydrogen) atoms. The molecule has 1 unspecified atom stereocenters. The predicted octanol–water partition coefficient (Wildman–Crippen LogP) is 3.89. The van der Waals surface area contributed by atoms with Gasteiger partial charge in [0.1, 0.15) is 5.25 Å². The molecule has 0 saturated carbocycles. The third kappa shape index (κ3) is 9.39. The number of thioether (sulfide) groups is 1. The number of unbranched alkanes of at least 4 members (excludes halogenated alkanes) is 2. The standard InChI is InChI=1S/C12H22F2O2S/c1-3-7-10(12(15)16-2)17-9-6-4-5-8-11(13)14/h10-11H,3-9H2,1-2H3. The Hall–Kier alpha value is -0.320. The highest BCUT2D eigenvalue weighted by atomic mass is 32.2. The number of esters is 1. The van der Waals surface area contributed by atoms with Gasteiger partial charge < -0.3 is 4.74 Å². The third-order valence-corrected chi connectivity index (χ3v) is 3.76. The van der Waals surface area contributed by atoms with Crippen LogP contribution in [0.4, 0.5) is 8.78 Å². The summed E-state index contributed by atoms with van der Waals surface area (Å²) in [5.74, 6) is 0.660. The van der Waals surface area contributed by atoms with Crippen LogP contribution in [-0.2, 0) is 9.53 Å². The molecule has 0 heterocycles. The van der Waals surface area contributed by atoms with Crippen LogP contribution in [0.5, 0.6) is 0 Å². The number of alkyl halides is 2. The van der Waals surface area contributed by atoms with E-state index in [9.17, 15) is 13.6 Å². The summed E-state index contributed by atoms with van der Waals surface area (Å²) < 4.78 is 28.4. The van der Waals surface area contributed by atoms with Gasteiger partial charge in [-0.25, -0.2) is 8.78 Å². The summed E-state index contributed by atoms with van der Waals surface area (Å²) >= 11 is 1.58. The van der Waals surface area contributed by atoms with Crippen molar-refractivity contribution in [3.8, 4) is 0 Å². The first kappa shape index (κ1) is 16.7. The number of ether oxygens (including phenoxy) is 1. The van der Waals surface area contributed by atoms with Gasteiger partial charge in [-0.05, 0) is 25.0 Å². The third-order valence-electron chi connectivity index (χ3n) is 2.40. The molecule has 0 aromatic carbocycles. The highest BCUT2D eigenvalue weighted by Gasteiger charge is 2.17. The number of rotatable bonds is 10. The summed E-state index contributed by atoms with van der Waals surface area (Å²) in [7, 11) is 1.40. The number of carbonyl (C=O) groups excluding carboxylic acids is 1. The van der Waals surface area contributed by atoms with Gasteiger partial charge in [-0.15, -0.1) is 11.8 Å². The Morgan fingerprint density at radius 2 is 1.94 bits per heavy atom. The van der Waals surface area contributed by atoms with Gasteiger partial charge in [0.05, 0.1) is 7.11 Å². The van der Waals surface area contributed by atoms with E-state index in [-0.39, 0.29) is 17.6 Å². The maximum atomic E-state index is 11.9. The van der Waals surface area contributed by atoms with Crippen LogP contribution in [0.2, 0.25) is 0 Å². The van der Waals surface area contributed by atoms with E-state index in [0.29, 0.717) is 6.42 Å². The molecule has 0 aliphatic heterocycles. The minimum atomic E-state index is -2.19. The molecule has 102 valence electrons. The molecule has 0 rings (SSSR count). The average molecular weight is 268 g/mol. The summed E-state index contributed by atoms with van der Waals surface area (Å²) in [4.78, 5) is 11.4.